The highest BCUT2D eigenvalue weighted by atomic mass is 19.1. The van der Waals surface area contributed by atoms with Gasteiger partial charge in [0.1, 0.15) is 23.9 Å². The molecular weight excluding hydrogens is 344 g/mol. The van der Waals surface area contributed by atoms with Crippen LogP contribution < -0.4 is 16.2 Å². The maximum absolute atomic E-state index is 13.2. The summed E-state index contributed by atoms with van der Waals surface area (Å²) in [5.74, 6) is -2.55. The summed E-state index contributed by atoms with van der Waals surface area (Å²) in [5, 5.41) is 5.13. The first-order chi connectivity index (χ1) is 12.3. The van der Waals surface area contributed by atoms with E-state index in [1.807, 2.05) is 0 Å². The lowest BCUT2D eigenvalue weighted by atomic mass is 10.2. The quantitative estimate of drug-likeness (QED) is 0.818. The average Bonchev–Trinajstić information content (AvgIpc) is 2.53. The molecular formula is C18H19F2N3O3. The second-order valence-corrected chi connectivity index (χ2v) is 6.02. The van der Waals surface area contributed by atoms with Gasteiger partial charge in [-0.2, -0.15) is 0 Å². The highest BCUT2D eigenvalue weighted by Crippen LogP contribution is 2.08. The molecule has 2 aromatic rings. The first-order valence-electron chi connectivity index (χ1n) is 7.98. The predicted molar refractivity (Wildman–Crippen MR) is 91.5 cm³/mol. The zero-order chi connectivity index (χ0) is 19.3. The van der Waals surface area contributed by atoms with Crippen LogP contribution >= 0.6 is 0 Å². The summed E-state index contributed by atoms with van der Waals surface area (Å²) < 4.78 is 27.4. The fourth-order valence-corrected chi connectivity index (χ4v) is 2.38. The van der Waals surface area contributed by atoms with Crippen molar-refractivity contribution in [2.75, 3.05) is 0 Å². The van der Waals surface area contributed by atoms with Gasteiger partial charge < -0.3 is 10.6 Å². The lowest BCUT2D eigenvalue weighted by molar-refractivity contribution is -0.122. The third-order valence-corrected chi connectivity index (χ3v) is 3.41. The maximum atomic E-state index is 13.2. The zero-order valence-corrected chi connectivity index (χ0v) is 14.4. The molecule has 1 aromatic heterocycles. The van der Waals surface area contributed by atoms with Crippen molar-refractivity contribution in [3.63, 3.8) is 0 Å². The number of nitrogens with one attached hydrogen (secondary N) is 2. The van der Waals surface area contributed by atoms with E-state index < -0.39 is 29.0 Å². The van der Waals surface area contributed by atoms with Gasteiger partial charge in [0.05, 0.1) is 0 Å². The number of pyridine rings is 1. The molecule has 2 N–H and O–H groups in total. The molecule has 0 aliphatic carbocycles. The second-order valence-electron chi connectivity index (χ2n) is 6.02. The van der Waals surface area contributed by atoms with Crippen LogP contribution in [0, 0.1) is 11.6 Å². The third-order valence-electron chi connectivity index (χ3n) is 3.41. The molecule has 0 radical (unpaired) electrons. The third kappa shape index (κ3) is 5.23. The van der Waals surface area contributed by atoms with Crippen molar-refractivity contribution in [2.24, 2.45) is 0 Å². The van der Waals surface area contributed by atoms with Crippen LogP contribution in [0.1, 0.15) is 29.9 Å². The number of halogens is 2. The van der Waals surface area contributed by atoms with Gasteiger partial charge in [-0.3, -0.25) is 19.0 Å². The molecule has 0 saturated carbocycles. The van der Waals surface area contributed by atoms with Gasteiger partial charge in [-0.1, -0.05) is 6.07 Å². The number of amides is 2. The number of hydrogen-bond donors (Lipinski definition) is 2. The summed E-state index contributed by atoms with van der Waals surface area (Å²) in [5.41, 5.74) is -0.292. The number of rotatable bonds is 6. The lowest BCUT2D eigenvalue weighted by Crippen LogP contribution is -2.39. The molecule has 0 aliphatic rings. The fraction of sp³-hybridized carbons (Fsp3) is 0.278. The second kappa shape index (κ2) is 8.37. The van der Waals surface area contributed by atoms with Crippen LogP contribution in [0.3, 0.4) is 0 Å². The van der Waals surface area contributed by atoms with Gasteiger partial charge in [-0.15, -0.1) is 0 Å². The first kappa shape index (κ1) is 19.3. The highest BCUT2D eigenvalue weighted by Gasteiger charge is 2.15. The number of carbonyl (C=O) groups excluding carboxylic acids is 2. The van der Waals surface area contributed by atoms with Crippen LogP contribution in [0.15, 0.2) is 41.2 Å². The molecule has 0 aliphatic heterocycles. The molecule has 0 unspecified atom stereocenters. The molecule has 138 valence electrons. The van der Waals surface area contributed by atoms with E-state index in [2.05, 4.69) is 10.6 Å². The number of hydrogen-bond acceptors (Lipinski definition) is 3. The van der Waals surface area contributed by atoms with Gasteiger partial charge in [0, 0.05) is 24.7 Å². The van der Waals surface area contributed by atoms with Crippen molar-refractivity contribution in [3.8, 4) is 0 Å². The van der Waals surface area contributed by atoms with Crippen molar-refractivity contribution < 1.29 is 18.4 Å². The predicted octanol–water partition coefficient (Wildman–Crippen LogP) is 1.58. The number of benzene rings is 1. The van der Waals surface area contributed by atoms with E-state index in [0.29, 0.717) is 0 Å². The van der Waals surface area contributed by atoms with Gasteiger partial charge in [0.25, 0.3) is 11.5 Å². The first-order valence-corrected chi connectivity index (χ1v) is 7.98. The number of carbonyl (C=O) groups is 2. The van der Waals surface area contributed by atoms with Gasteiger partial charge >= 0.3 is 0 Å². The Bertz CT molecular complexity index is 858. The molecule has 8 heteroatoms. The van der Waals surface area contributed by atoms with Crippen molar-refractivity contribution in [1.29, 1.82) is 0 Å². The van der Waals surface area contributed by atoms with Crippen LogP contribution in [0.5, 0.6) is 0 Å². The molecule has 0 atom stereocenters. The van der Waals surface area contributed by atoms with Crippen molar-refractivity contribution in [2.45, 2.75) is 33.0 Å². The molecule has 0 fully saturated rings. The zero-order valence-electron chi connectivity index (χ0n) is 14.4. The molecule has 1 heterocycles. The van der Waals surface area contributed by atoms with Crippen LogP contribution in [0.2, 0.25) is 0 Å². The molecule has 6 nitrogen and oxygen atoms in total. The Morgan fingerprint density at radius 1 is 1.12 bits per heavy atom. The number of nitrogens with zero attached hydrogens (tertiary/aromatic N) is 1. The van der Waals surface area contributed by atoms with Crippen LogP contribution in [0.4, 0.5) is 8.78 Å². The molecule has 26 heavy (non-hydrogen) atoms. The van der Waals surface area contributed by atoms with Crippen LogP contribution in [-0.4, -0.2) is 22.4 Å². The Morgan fingerprint density at radius 2 is 1.77 bits per heavy atom. The standard InChI is InChI=1S/C18H19F2N3O3/c1-11(2)22-16(24)10-23-15(4-3-5-17(23)25)18(26)21-9-12-6-13(19)8-14(20)7-12/h3-8,11H,9-10H2,1-2H3,(H,21,26)(H,22,24). The van der Waals surface area contributed by atoms with E-state index in [4.69, 9.17) is 0 Å². The summed E-state index contributed by atoms with van der Waals surface area (Å²) in [4.78, 5) is 36.3. The summed E-state index contributed by atoms with van der Waals surface area (Å²) in [6, 6.07) is 6.84. The summed E-state index contributed by atoms with van der Waals surface area (Å²) in [6.45, 7) is 3.11. The van der Waals surface area contributed by atoms with Gasteiger partial charge in [-0.25, -0.2) is 8.78 Å². The Morgan fingerprint density at radius 3 is 2.38 bits per heavy atom. The van der Waals surface area contributed by atoms with E-state index in [1.54, 1.807) is 13.8 Å². The SMILES string of the molecule is CC(C)NC(=O)Cn1c(C(=O)NCc2cc(F)cc(F)c2)cccc1=O. The highest BCUT2D eigenvalue weighted by molar-refractivity contribution is 5.93. The summed E-state index contributed by atoms with van der Waals surface area (Å²) in [7, 11) is 0. The Hall–Kier alpha value is -3.03. The minimum atomic E-state index is -0.753. The topological polar surface area (TPSA) is 80.2 Å². The average molecular weight is 363 g/mol. The van der Waals surface area contributed by atoms with Crippen LogP contribution in [-0.2, 0) is 17.9 Å². The van der Waals surface area contributed by atoms with Crippen molar-refractivity contribution in [1.82, 2.24) is 15.2 Å². The summed E-state index contributed by atoms with van der Waals surface area (Å²) >= 11 is 0. The van der Waals surface area contributed by atoms with E-state index in [9.17, 15) is 23.2 Å². The molecule has 0 bridgehead atoms. The molecule has 2 amide bonds. The normalized spacial score (nSPS) is 10.7. The monoisotopic (exact) mass is 363 g/mol. The molecule has 2 rings (SSSR count). The maximum Gasteiger partial charge on any atom is 0.268 e. The van der Waals surface area contributed by atoms with Gasteiger partial charge in [0.2, 0.25) is 5.91 Å². The molecule has 1 aromatic carbocycles. The molecule has 0 spiro atoms. The smallest absolute Gasteiger partial charge is 0.268 e. The summed E-state index contributed by atoms with van der Waals surface area (Å²) in [6.07, 6.45) is 0. The van der Waals surface area contributed by atoms with Crippen molar-refractivity contribution >= 4 is 11.8 Å². The van der Waals surface area contributed by atoms with E-state index in [1.165, 1.54) is 18.2 Å². The van der Waals surface area contributed by atoms with Gasteiger partial charge in [0.15, 0.2) is 0 Å². The Balaban J connectivity index is 2.16. The van der Waals surface area contributed by atoms with E-state index in [0.717, 1.165) is 22.8 Å². The number of aromatic nitrogens is 1. The largest absolute Gasteiger partial charge is 0.352 e. The lowest BCUT2D eigenvalue weighted by Gasteiger charge is -2.14. The Kier molecular flexibility index (Phi) is 6.21. The van der Waals surface area contributed by atoms with Crippen molar-refractivity contribution in [3.05, 3.63) is 69.6 Å². The Labute approximate surface area is 148 Å². The minimum absolute atomic E-state index is 0.0201. The van der Waals surface area contributed by atoms with Crippen LogP contribution in [0.25, 0.3) is 0 Å². The fourth-order valence-electron chi connectivity index (χ4n) is 2.38. The van der Waals surface area contributed by atoms with E-state index >= 15 is 0 Å². The minimum Gasteiger partial charge on any atom is -0.352 e. The molecule has 0 saturated heterocycles. The van der Waals surface area contributed by atoms with E-state index in [-0.39, 0.29) is 30.4 Å². The van der Waals surface area contributed by atoms with Gasteiger partial charge in [-0.05, 0) is 37.6 Å².